The number of benzene rings is 2. The predicted octanol–water partition coefficient (Wildman–Crippen LogP) is 2.98. The van der Waals surface area contributed by atoms with E-state index in [4.69, 9.17) is 0 Å². The van der Waals surface area contributed by atoms with Gasteiger partial charge < -0.3 is 10.6 Å². The first kappa shape index (κ1) is 15.4. The second-order valence-corrected chi connectivity index (χ2v) is 6.92. The van der Waals surface area contributed by atoms with Crippen molar-refractivity contribution in [2.75, 3.05) is 13.1 Å². The van der Waals surface area contributed by atoms with Crippen LogP contribution in [0.25, 0.3) is 0 Å². The van der Waals surface area contributed by atoms with Crippen molar-refractivity contribution in [3.05, 3.63) is 71.3 Å². The number of piperidine rings is 1. The molecule has 24 heavy (non-hydrogen) atoms. The van der Waals surface area contributed by atoms with Gasteiger partial charge in [0.25, 0.3) is 0 Å². The largest absolute Gasteiger partial charge is 0.352 e. The van der Waals surface area contributed by atoms with Gasteiger partial charge in [0.1, 0.15) is 0 Å². The molecule has 1 fully saturated rings. The van der Waals surface area contributed by atoms with Crippen molar-refractivity contribution in [3.63, 3.8) is 0 Å². The molecule has 2 aliphatic rings. The molecule has 1 aliphatic heterocycles. The predicted molar refractivity (Wildman–Crippen MR) is 96.1 cm³/mol. The molecule has 3 unspecified atom stereocenters. The molecule has 2 aromatic rings. The van der Waals surface area contributed by atoms with Crippen molar-refractivity contribution in [1.29, 1.82) is 0 Å². The Bertz CT molecular complexity index is 713. The molecule has 3 atom stereocenters. The topological polar surface area (TPSA) is 41.1 Å². The van der Waals surface area contributed by atoms with Gasteiger partial charge in [0, 0.05) is 18.5 Å². The van der Waals surface area contributed by atoms with Crippen LogP contribution in [0.2, 0.25) is 0 Å². The van der Waals surface area contributed by atoms with Crippen LogP contribution in [-0.4, -0.2) is 25.0 Å². The van der Waals surface area contributed by atoms with Crippen LogP contribution in [0.15, 0.2) is 54.6 Å². The summed E-state index contributed by atoms with van der Waals surface area (Å²) in [5.74, 6) is 0.570. The summed E-state index contributed by atoms with van der Waals surface area (Å²) in [6.07, 6.45) is 2.94. The Labute approximate surface area is 143 Å². The van der Waals surface area contributed by atoms with Gasteiger partial charge in [-0.15, -0.1) is 0 Å². The zero-order valence-corrected chi connectivity index (χ0v) is 13.9. The maximum absolute atomic E-state index is 12.9. The number of amides is 1. The van der Waals surface area contributed by atoms with Crippen LogP contribution in [0, 0.1) is 0 Å². The van der Waals surface area contributed by atoms with Gasteiger partial charge in [-0.3, -0.25) is 4.79 Å². The molecule has 0 saturated carbocycles. The quantitative estimate of drug-likeness (QED) is 0.913. The van der Waals surface area contributed by atoms with Gasteiger partial charge in [-0.05, 0) is 42.5 Å². The first-order valence-electron chi connectivity index (χ1n) is 8.97. The van der Waals surface area contributed by atoms with Crippen molar-refractivity contribution >= 4 is 5.91 Å². The second kappa shape index (κ2) is 6.78. The highest BCUT2D eigenvalue weighted by Crippen LogP contribution is 2.33. The lowest BCUT2D eigenvalue weighted by Gasteiger charge is -2.34. The summed E-state index contributed by atoms with van der Waals surface area (Å²) in [6.45, 7) is 1.89. The Morgan fingerprint density at radius 3 is 2.67 bits per heavy atom. The van der Waals surface area contributed by atoms with E-state index < -0.39 is 0 Å². The van der Waals surface area contributed by atoms with Crippen LogP contribution < -0.4 is 10.6 Å². The van der Waals surface area contributed by atoms with E-state index in [0.717, 1.165) is 32.4 Å². The normalized spacial score (nSPS) is 25.9. The highest BCUT2D eigenvalue weighted by Gasteiger charge is 2.33. The summed E-state index contributed by atoms with van der Waals surface area (Å²) < 4.78 is 0. The number of aryl methyl sites for hydroxylation is 1. The fraction of sp³-hybridized carbons (Fsp3) is 0.381. The molecule has 2 aromatic carbocycles. The van der Waals surface area contributed by atoms with Crippen molar-refractivity contribution in [1.82, 2.24) is 10.6 Å². The van der Waals surface area contributed by atoms with Crippen LogP contribution in [0.3, 0.4) is 0 Å². The lowest BCUT2D eigenvalue weighted by Crippen LogP contribution is -2.49. The minimum atomic E-state index is 0.0208. The van der Waals surface area contributed by atoms with Crippen molar-refractivity contribution in [2.45, 2.75) is 37.1 Å². The molecule has 0 aromatic heterocycles. The van der Waals surface area contributed by atoms with Gasteiger partial charge >= 0.3 is 0 Å². The molecule has 1 amide bonds. The summed E-state index contributed by atoms with van der Waals surface area (Å²) in [6, 6.07) is 19.1. The Morgan fingerprint density at radius 1 is 1.00 bits per heavy atom. The highest BCUT2D eigenvalue weighted by atomic mass is 16.2. The summed E-state index contributed by atoms with van der Waals surface area (Å²) in [7, 11) is 0. The minimum absolute atomic E-state index is 0.0208. The van der Waals surface area contributed by atoms with Crippen LogP contribution in [0.5, 0.6) is 0 Å². The van der Waals surface area contributed by atoms with Gasteiger partial charge in [-0.1, -0.05) is 54.6 Å². The van der Waals surface area contributed by atoms with E-state index in [1.807, 2.05) is 12.1 Å². The summed E-state index contributed by atoms with van der Waals surface area (Å²) in [5, 5.41) is 6.84. The molecule has 0 radical (unpaired) electrons. The third-order valence-corrected chi connectivity index (χ3v) is 5.49. The molecule has 1 saturated heterocycles. The van der Waals surface area contributed by atoms with Crippen LogP contribution >= 0.6 is 0 Å². The first-order chi connectivity index (χ1) is 11.8. The van der Waals surface area contributed by atoms with Crippen LogP contribution in [-0.2, 0) is 11.2 Å². The first-order valence-corrected chi connectivity index (χ1v) is 8.97. The van der Waals surface area contributed by atoms with E-state index in [-0.39, 0.29) is 17.9 Å². The molecule has 3 heteroatoms. The van der Waals surface area contributed by atoms with Crippen LogP contribution in [0.1, 0.15) is 41.4 Å². The third-order valence-electron chi connectivity index (χ3n) is 5.49. The number of hydrogen-bond acceptors (Lipinski definition) is 2. The van der Waals surface area contributed by atoms with E-state index in [1.54, 1.807) is 0 Å². The average molecular weight is 320 g/mol. The number of hydrogen-bond donors (Lipinski definition) is 2. The smallest absolute Gasteiger partial charge is 0.227 e. The van der Waals surface area contributed by atoms with Gasteiger partial charge in [0.2, 0.25) is 5.91 Å². The van der Waals surface area contributed by atoms with Gasteiger partial charge in [0.05, 0.1) is 5.92 Å². The lowest BCUT2D eigenvalue weighted by atomic mass is 9.86. The van der Waals surface area contributed by atoms with E-state index in [1.165, 1.54) is 16.7 Å². The van der Waals surface area contributed by atoms with Crippen molar-refractivity contribution in [2.24, 2.45) is 0 Å². The zero-order chi connectivity index (χ0) is 16.4. The van der Waals surface area contributed by atoms with E-state index >= 15 is 0 Å². The molecule has 0 bridgehead atoms. The fourth-order valence-corrected chi connectivity index (χ4v) is 4.19. The zero-order valence-electron chi connectivity index (χ0n) is 13.9. The number of carbonyl (C=O) groups excluding carboxylic acids is 1. The van der Waals surface area contributed by atoms with Gasteiger partial charge in [-0.2, -0.15) is 0 Å². The molecule has 0 spiro atoms. The molecule has 3 nitrogen and oxygen atoms in total. The van der Waals surface area contributed by atoms with E-state index in [9.17, 15) is 4.79 Å². The Kier molecular flexibility index (Phi) is 4.35. The van der Waals surface area contributed by atoms with Gasteiger partial charge in [0.15, 0.2) is 0 Å². The third kappa shape index (κ3) is 2.96. The summed E-state index contributed by atoms with van der Waals surface area (Å²) >= 11 is 0. The molecular formula is C21H24N2O. The van der Waals surface area contributed by atoms with E-state index in [0.29, 0.717) is 5.92 Å². The van der Waals surface area contributed by atoms with Crippen LogP contribution in [0.4, 0.5) is 0 Å². The highest BCUT2D eigenvalue weighted by molar-refractivity contribution is 5.85. The molecule has 124 valence electrons. The number of carbonyl (C=O) groups is 1. The minimum Gasteiger partial charge on any atom is -0.352 e. The molecular weight excluding hydrogens is 296 g/mol. The molecule has 4 rings (SSSR count). The Hall–Kier alpha value is -2.13. The van der Waals surface area contributed by atoms with Crippen molar-refractivity contribution < 1.29 is 4.79 Å². The number of rotatable bonds is 3. The standard InChI is InChI=1S/C21H24N2O/c24-21(18-11-10-16-8-4-5-9-17(16)18)23-20-12-13-22-14-19(20)15-6-2-1-3-7-15/h1-9,18-20,22H,10-14H2,(H,23,24). The van der Waals surface area contributed by atoms with Gasteiger partial charge in [-0.25, -0.2) is 0 Å². The maximum atomic E-state index is 12.9. The molecule has 1 heterocycles. The SMILES string of the molecule is O=C(NC1CCNCC1c1ccccc1)C1CCc2ccccc21. The van der Waals surface area contributed by atoms with E-state index in [2.05, 4.69) is 53.1 Å². The summed E-state index contributed by atoms with van der Waals surface area (Å²) in [5.41, 5.74) is 3.87. The number of fused-ring (bicyclic) bond motifs is 1. The Balaban J connectivity index is 1.50. The lowest BCUT2D eigenvalue weighted by molar-refractivity contribution is -0.123. The Morgan fingerprint density at radius 2 is 1.79 bits per heavy atom. The van der Waals surface area contributed by atoms with Crippen molar-refractivity contribution in [3.8, 4) is 0 Å². The monoisotopic (exact) mass is 320 g/mol. The molecule has 1 aliphatic carbocycles. The fourth-order valence-electron chi connectivity index (χ4n) is 4.19. The average Bonchev–Trinajstić information content (AvgIpc) is 3.07. The summed E-state index contributed by atoms with van der Waals surface area (Å²) in [4.78, 5) is 12.9. The molecule has 2 N–H and O–H groups in total. The maximum Gasteiger partial charge on any atom is 0.227 e. The number of nitrogens with one attached hydrogen (secondary N) is 2. The second-order valence-electron chi connectivity index (χ2n) is 6.92.